The molecule has 2 aromatic heterocycles. The summed E-state index contributed by atoms with van der Waals surface area (Å²) in [6, 6.07) is 17.1. The Bertz CT molecular complexity index is 1530. The van der Waals surface area contributed by atoms with Crippen LogP contribution in [0.4, 0.5) is 27.8 Å². The molecule has 0 saturated carbocycles. The zero-order chi connectivity index (χ0) is 22.5. The predicted octanol–water partition coefficient (Wildman–Crippen LogP) is 7.94. The highest BCUT2D eigenvalue weighted by Gasteiger charge is 2.26. The van der Waals surface area contributed by atoms with Crippen molar-refractivity contribution in [2.45, 2.75) is 20.8 Å². The van der Waals surface area contributed by atoms with Crippen LogP contribution >= 0.6 is 23.1 Å². The largest absolute Gasteiger partial charge is 0.301 e. The van der Waals surface area contributed by atoms with Gasteiger partial charge in [0.2, 0.25) is 0 Å². The molecule has 3 heterocycles. The van der Waals surface area contributed by atoms with E-state index in [1.807, 2.05) is 13.1 Å². The smallest absolute Gasteiger partial charge is 0.129 e. The fourth-order valence-electron chi connectivity index (χ4n) is 3.90. The lowest BCUT2D eigenvalue weighted by Crippen LogP contribution is -2.08. The third kappa shape index (κ3) is 3.40. The van der Waals surface area contributed by atoms with Gasteiger partial charge in [0.1, 0.15) is 32.4 Å². The molecule has 0 fully saturated rings. The number of aryl methyl sites for hydroxylation is 3. The van der Waals surface area contributed by atoms with Crippen LogP contribution in [-0.4, -0.2) is 13.7 Å². The van der Waals surface area contributed by atoms with Gasteiger partial charge in [-0.15, -0.1) is 0 Å². The molecule has 0 unspecified atom stereocenters. The number of nitrogens with zero attached hydrogens (tertiary/aromatic N) is 6. The summed E-state index contributed by atoms with van der Waals surface area (Å²) in [4.78, 5) is 7.07. The minimum atomic E-state index is 0.843. The number of anilines is 3. The number of fused-ring (bicyclic) bond motifs is 2. The van der Waals surface area contributed by atoms with E-state index < -0.39 is 0 Å². The molecule has 0 radical (unpaired) electrons. The van der Waals surface area contributed by atoms with Crippen molar-refractivity contribution in [3.05, 3.63) is 71.4 Å². The second-order valence-electron chi connectivity index (χ2n) is 7.93. The molecule has 6 rings (SSSR count). The molecule has 0 aliphatic carbocycles. The van der Waals surface area contributed by atoms with Crippen molar-refractivity contribution in [2.24, 2.45) is 8.73 Å². The average molecular weight is 487 g/mol. The molecule has 0 atom stereocenters. The van der Waals surface area contributed by atoms with Crippen LogP contribution in [0, 0.1) is 20.8 Å². The van der Waals surface area contributed by atoms with E-state index in [1.165, 1.54) is 34.2 Å². The minimum absolute atomic E-state index is 0.843. The van der Waals surface area contributed by atoms with Gasteiger partial charge in [-0.3, -0.25) is 0 Å². The summed E-state index contributed by atoms with van der Waals surface area (Å²) in [6.07, 6.45) is 1.93. The van der Waals surface area contributed by atoms with Gasteiger partial charge < -0.3 is 4.90 Å². The average Bonchev–Trinajstić information content (AvgIpc) is 3.58. The van der Waals surface area contributed by atoms with Crippen LogP contribution in [0.25, 0.3) is 21.6 Å². The molecule has 0 saturated heterocycles. The van der Waals surface area contributed by atoms with Gasteiger partial charge in [0.05, 0.1) is 34.8 Å². The quantitative estimate of drug-likeness (QED) is 0.254. The molecule has 1 aliphatic rings. The standard InChI is InChI=1S/C24H18N6S3/c1-13-4-8-16(9-5-13)30(17-10-6-14(2)7-11-17)18-12-25-24(31-18)19-22-20(26-32-28-22)15(3)21-23(19)29-33-27-21/h4-12H,1-3H3. The summed E-state index contributed by atoms with van der Waals surface area (Å²) in [7, 11) is 0. The monoisotopic (exact) mass is 486 g/mol. The van der Waals surface area contributed by atoms with E-state index in [2.05, 4.69) is 84.8 Å². The predicted molar refractivity (Wildman–Crippen MR) is 139 cm³/mol. The van der Waals surface area contributed by atoms with Gasteiger partial charge in [-0.05, 0) is 45.0 Å². The molecular formula is C24H18N6S3. The fraction of sp³-hybridized carbons (Fsp3) is 0.125. The Morgan fingerprint density at radius 3 is 2.00 bits per heavy atom. The number of aromatic nitrogens is 3. The number of benzene rings is 3. The summed E-state index contributed by atoms with van der Waals surface area (Å²) in [6.45, 7) is 6.23. The molecule has 3 aromatic carbocycles. The normalized spacial score (nSPS) is 12.2. The third-order valence-electron chi connectivity index (χ3n) is 5.67. The molecule has 0 amide bonds. The fourth-order valence-corrected chi connectivity index (χ4v) is 6.12. The first-order valence-corrected chi connectivity index (χ1v) is 12.6. The van der Waals surface area contributed by atoms with E-state index in [9.17, 15) is 0 Å². The second kappa shape index (κ2) is 7.95. The van der Waals surface area contributed by atoms with Gasteiger partial charge in [0, 0.05) is 16.9 Å². The third-order valence-corrected chi connectivity index (χ3v) is 7.73. The zero-order valence-corrected chi connectivity index (χ0v) is 20.6. The van der Waals surface area contributed by atoms with Gasteiger partial charge in [0.25, 0.3) is 0 Å². The van der Waals surface area contributed by atoms with E-state index in [0.29, 0.717) is 0 Å². The van der Waals surface area contributed by atoms with Crippen molar-refractivity contribution in [2.75, 3.05) is 4.90 Å². The van der Waals surface area contributed by atoms with Crippen LogP contribution in [0.5, 0.6) is 0 Å². The van der Waals surface area contributed by atoms with E-state index in [-0.39, 0.29) is 0 Å². The summed E-state index contributed by atoms with van der Waals surface area (Å²) in [5, 5.41) is 1.88. The molecule has 0 bridgehead atoms. The maximum Gasteiger partial charge on any atom is 0.129 e. The number of rotatable bonds is 4. The first-order chi connectivity index (χ1) is 16.1. The maximum atomic E-state index is 4.83. The van der Waals surface area contributed by atoms with Crippen LogP contribution in [0.15, 0.2) is 63.5 Å². The molecule has 5 aromatic rings. The maximum absolute atomic E-state index is 4.83. The molecule has 9 heteroatoms. The molecule has 1 aliphatic heterocycles. The summed E-state index contributed by atoms with van der Waals surface area (Å²) >= 11 is 4.05. The zero-order valence-electron chi connectivity index (χ0n) is 18.1. The molecule has 0 spiro atoms. The van der Waals surface area contributed by atoms with Crippen LogP contribution < -0.4 is 4.90 Å². The SMILES string of the molecule is Cc1ccc(N(c2ccc(C)cc2)c2cnc(-c3c4c(c(C)c5nsnc35)N=S=N4)s2)cc1. The van der Waals surface area contributed by atoms with Crippen molar-refractivity contribution in [3.8, 4) is 10.6 Å². The Balaban J connectivity index is 1.53. The Labute approximate surface area is 202 Å². The highest BCUT2D eigenvalue weighted by Crippen LogP contribution is 2.50. The van der Waals surface area contributed by atoms with E-state index >= 15 is 0 Å². The van der Waals surface area contributed by atoms with E-state index in [0.717, 1.165) is 54.9 Å². The van der Waals surface area contributed by atoms with Crippen LogP contribution in [-0.2, 0) is 11.4 Å². The Hall–Kier alpha value is -3.27. The van der Waals surface area contributed by atoms with Crippen LogP contribution in [0.1, 0.15) is 16.7 Å². The lowest BCUT2D eigenvalue weighted by atomic mass is 10.0. The summed E-state index contributed by atoms with van der Waals surface area (Å²) in [5.74, 6) is 0. The Morgan fingerprint density at radius 2 is 1.33 bits per heavy atom. The minimum Gasteiger partial charge on any atom is -0.301 e. The van der Waals surface area contributed by atoms with Gasteiger partial charge in [-0.1, -0.05) is 46.7 Å². The summed E-state index contributed by atoms with van der Waals surface area (Å²) < 4.78 is 18.2. The lowest BCUT2D eigenvalue weighted by Gasteiger charge is -2.23. The molecule has 6 nitrogen and oxygen atoms in total. The van der Waals surface area contributed by atoms with Gasteiger partial charge in [-0.25, -0.2) is 4.98 Å². The Kier molecular flexibility index (Phi) is 4.90. The highest BCUT2D eigenvalue weighted by atomic mass is 32.1. The second-order valence-corrected chi connectivity index (χ2v) is 10.00. The van der Waals surface area contributed by atoms with Crippen LogP contribution in [0.2, 0.25) is 0 Å². The first-order valence-electron chi connectivity index (χ1n) is 10.4. The number of hydrogen-bond acceptors (Lipinski definition) is 8. The molecule has 0 N–H and O–H groups in total. The molecular weight excluding hydrogens is 469 g/mol. The van der Waals surface area contributed by atoms with Crippen molar-refractivity contribution < 1.29 is 0 Å². The molecule has 162 valence electrons. The first kappa shape index (κ1) is 20.3. The van der Waals surface area contributed by atoms with E-state index in [1.54, 1.807) is 11.3 Å². The van der Waals surface area contributed by atoms with Gasteiger partial charge in [0.15, 0.2) is 0 Å². The van der Waals surface area contributed by atoms with Crippen molar-refractivity contribution >= 4 is 73.2 Å². The van der Waals surface area contributed by atoms with Gasteiger partial charge in [-0.2, -0.15) is 17.5 Å². The molecule has 33 heavy (non-hydrogen) atoms. The van der Waals surface area contributed by atoms with Crippen LogP contribution in [0.3, 0.4) is 0 Å². The van der Waals surface area contributed by atoms with Crippen molar-refractivity contribution in [1.29, 1.82) is 0 Å². The lowest BCUT2D eigenvalue weighted by molar-refractivity contribution is 1.28. The highest BCUT2D eigenvalue weighted by molar-refractivity contribution is 7.58. The topological polar surface area (TPSA) is 66.6 Å². The van der Waals surface area contributed by atoms with Crippen molar-refractivity contribution in [3.63, 3.8) is 0 Å². The van der Waals surface area contributed by atoms with Gasteiger partial charge >= 0.3 is 0 Å². The van der Waals surface area contributed by atoms with Crippen molar-refractivity contribution in [1.82, 2.24) is 13.7 Å². The summed E-state index contributed by atoms with van der Waals surface area (Å²) in [5.41, 5.74) is 10.00. The number of hydrogen-bond donors (Lipinski definition) is 0. The van der Waals surface area contributed by atoms with E-state index in [4.69, 9.17) is 4.98 Å². The number of thiazole rings is 1. The Morgan fingerprint density at radius 1 is 0.727 bits per heavy atom.